The Balaban J connectivity index is 1.97. The first-order valence-corrected chi connectivity index (χ1v) is 11.3. The van der Waals surface area contributed by atoms with Gasteiger partial charge in [0, 0.05) is 19.0 Å². The number of carbonyl (C=O) groups excluding carboxylic acids is 2. The Kier molecular flexibility index (Phi) is 7.54. The van der Waals surface area contributed by atoms with E-state index in [0.717, 1.165) is 16.7 Å². The van der Waals surface area contributed by atoms with Crippen LogP contribution in [0.25, 0.3) is 0 Å². The second kappa shape index (κ2) is 10.2. The molecule has 3 rings (SSSR count). The molecule has 0 saturated carbocycles. The number of rotatable bonds is 7. The van der Waals surface area contributed by atoms with Gasteiger partial charge in [0.25, 0.3) is 5.91 Å². The van der Waals surface area contributed by atoms with Gasteiger partial charge in [-0.2, -0.15) is 0 Å². The first-order chi connectivity index (χ1) is 15.2. The summed E-state index contributed by atoms with van der Waals surface area (Å²) < 4.78 is 20.0. The molecule has 1 aliphatic rings. The molecule has 1 aliphatic heterocycles. The lowest BCUT2D eigenvalue weighted by atomic mass is 9.87. The third-order valence-electron chi connectivity index (χ3n) is 5.53. The largest absolute Gasteiger partial charge is 0.481 e. The van der Waals surface area contributed by atoms with Crippen LogP contribution in [0, 0.1) is 11.7 Å². The van der Waals surface area contributed by atoms with E-state index >= 15 is 0 Å². The van der Waals surface area contributed by atoms with Crippen molar-refractivity contribution < 1.29 is 18.7 Å². The molecule has 2 aromatic rings. The fourth-order valence-electron chi connectivity index (χ4n) is 4.10. The maximum atomic E-state index is 14.1. The van der Waals surface area contributed by atoms with Crippen molar-refractivity contribution in [2.45, 2.75) is 65.6 Å². The van der Waals surface area contributed by atoms with Crippen molar-refractivity contribution in [3.05, 3.63) is 65.0 Å². The maximum absolute atomic E-state index is 14.1. The van der Waals surface area contributed by atoms with Crippen molar-refractivity contribution in [1.82, 2.24) is 10.2 Å². The fourth-order valence-corrected chi connectivity index (χ4v) is 4.10. The topological polar surface area (TPSA) is 58.6 Å². The van der Waals surface area contributed by atoms with E-state index < -0.39 is 12.1 Å². The van der Waals surface area contributed by atoms with Crippen LogP contribution in [0.4, 0.5) is 4.39 Å². The van der Waals surface area contributed by atoms with Gasteiger partial charge in [-0.25, -0.2) is 4.39 Å². The van der Waals surface area contributed by atoms with E-state index in [1.807, 2.05) is 56.9 Å². The Morgan fingerprint density at radius 1 is 1.12 bits per heavy atom. The zero-order valence-electron chi connectivity index (χ0n) is 19.5. The van der Waals surface area contributed by atoms with Crippen LogP contribution in [0.15, 0.2) is 42.5 Å². The minimum atomic E-state index is -0.662. The van der Waals surface area contributed by atoms with Gasteiger partial charge in [0.1, 0.15) is 11.6 Å². The number of benzene rings is 2. The fraction of sp³-hybridized carbons (Fsp3) is 0.462. The quantitative estimate of drug-likeness (QED) is 0.683. The van der Waals surface area contributed by atoms with Crippen LogP contribution in [0.5, 0.6) is 5.75 Å². The summed E-state index contributed by atoms with van der Waals surface area (Å²) in [6.45, 7) is 10.1. The van der Waals surface area contributed by atoms with E-state index in [2.05, 4.69) is 5.32 Å². The van der Waals surface area contributed by atoms with E-state index in [-0.39, 0.29) is 29.6 Å². The van der Waals surface area contributed by atoms with Gasteiger partial charge < -0.3 is 15.0 Å². The molecule has 2 amide bonds. The molecule has 0 saturated heterocycles. The summed E-state index contributed by atoms with van der Waals surface area (Å²) in [6.07, 6.45) is 0.489. The third kappa shape index (κ3) is 5.67. The van der Waals surface area contributed by atoms with E-state index in [4.69, 9.17) is 4.74 Å². The zero-order valence-corrected chi connectivity index (χ0v) is 19.5. The number of hydrogen-bond donors (Lipinski definition) is 1. The molecule has 2 atom stereocenters. The molecule has 172 valence electrons. The predicted molar refractivity (Wildman–Crippen MR) is 123 cm³/mol. The highest BCUT2D eigenvalue weighted by atomic mass is 19.1. The molecule has 0 aromatic heterocycles. The minimum absolute atomic E-state index is 0.0231. The van der Waals surface area contributed by atoms with E-state index in [0.29, 0.717) is 25.1 Å². The van der Waals surface area contributed by atoms with Crippen molar-refractivity contribution >= 4 is 11.8 Å². The lowest BCUT2D eigenvalue weighted by molar-refractivity contribution is -0.134. The monoisotopic (exact) mass is 440 g/mol. The van der Waals surface area contributed by atoms with Crippen LogP contribution in [-0.4, -0.2) is 35.4 Å². The Labute approximate surface area is 190 Å². The smallest absolute Gasteiger partial charge is 0.260 e. The van der Waals surface area contributed by atoms with E-state index in [9.17, 15) is 14.0 Å². The van der Waals surface area contributed by atoms with Gasteiger partial charge >= 0.3 is 0 Å². The lowest BCUT2D eigenvalue weighted by Gasteiger charge is -2.38. The average Bonchev–Trinajstić information content (AvgIpc) is 2.71. The summed E-state index contributed by atoms with van der Waals surface area (Å²) in [5.74, 6) is 0.308. The van der Waals surface area contributed by atoms with E-state index in [1.165, 1.54) is 12.1 Å². The highest BCUT2D eigenvalue weighted by Crippen LogP contribution is 2.38. The van der Waals surface area contributed by atoms with Crippen LogP contribution in [-0.2, 0) is 16.0 Å². The standard InChI is InChI=1S/C26H33FN2O3/c1-16(2)13-24(30)29-12-11-19-9-10-22(32-18(5)26(31)28-17(3)4)15-23(19)25(29)20-7-6-8-21(27)14-20/h6-10,14-18,25H,11-13H2,1-5H3,(H,28,31)/t18-,25+/m0/s1. The van der Waals surface area contributed by atoms with Gasteiger partial charge in [0.05, 0.1) is 6.04 Å². The van der Waals surface area contributed by atoms with Gasteiger partial charge in [-0.1, -0.05) is 32.0 Å². The SMILES string of the molecule is CC(C)CC(=O)N1CCc2ccc(O[C@@H](C)C(=O)NC(C)C)cc2[C@H]1c1cccc(F)c1. The molecular weight excluding hydrogens is 407 g/mol. The number of nitrogens with one attached hydrogen (secondary N) is 1. The Morgan fingerprint density at radius 2 is 1.88 bits per heavy atom. The predicted octanol–water partition coefficient (Wildman–Crippen LogP) is 4.64. The molecular formula is C26H33FN2O3. The molecule has 1 heterocycles. The van der Waals surface area contributed by atoms with Gasteiger partial charge in [-0.05, 0) is 74.1 Å². The number of carbonyl (C=O) groups is 2. The molecule has 0 unspecified atom stereocenters. The molecule has 0 radical (unpaired) electrons. The molecule has 0 aliphatic carbocycles. The van der Waals surface area contributed by atoms with Gasteiger partial charge in [0.15, 0.2) is 6.10 Å². The summed E-state index contributed by atoms with van der Waals surface area (Å²) in [6, 6.07) is 11.8. The minimum Gasteiger partial charge on any atom is -0.481 e. The van der Waals surface area contributed by atoms with Gasteiger partial charge in [-0.3, -0.25) is 9.59 Å². The summed E-state index contributed by atoms with van der Waals surface area (Å²) in [5.41, 5.74) is 2.73. The van der Waals surface area contributed by atoms with Crippen LogP contribution in [0.1, 0.15) is 63.8 Å². The Hall–Kier alpha value is -2.89. The Morgan fingerprint density at radius 3 is 2.53 bits per heavy atom. The van der Waals surface area contributed by atoms with Crippen LogP contribution in [0.2, 0.25) is 0 Å². The second-order valence-corrected chi connectivity index (χ2v) is 9.18. The van der Waals surface area contributed by atoms with Crippen molar-refractivity contribution in [2.24, 2.45) is 5.92 Å². The third-order valence-corrected chi connectivity index (χ3v) is 5.53. The number of fused-ring (bicyclic) bond motifs is 1. The normalized spacial score (nSPS) is 16.6. The number of ether oxygens (including phenoxy) is 1. The Bertz CT molecular complexity index is 973. The average molecular weight is 441 g/mol. The highest BCUT2D eigenvalue weighted by molar-refractivity contribution is 5.81. The molecule has 0 spiro atoms. The maximum Gasteiger partial charge on any atom is 0.260 e. The number of hydrogen-bond acceptors (Lipinski definition) is 3. The summed E-state index contributed by atoms with van der Waals surface area (Å²) in [7, 11) is 0. The first kappa shape index (κ1) is 23.8. The van der Waals surface area contributed by atoms with Crippen molar-refractivity contribution in [3.8, 4) is 5.75 Å². The van der Waals surface area contributed by atoms with Gasteiger partial charge in [-0.15, -0.1) is 0 Å². The molecule has 5 nitrogen and oxygen atoms in total. The highest BCUT2D eigenvalue weighted by Gasteiger charge is 2.33. The van der Waals surface area contributed by atoms with Crippen molar-refractivity contribution in [1.29, 1.82) is 0 Å². The molecule has 0 fully saturated rings. The van der Waals surface area contributed by atoms with Crippen LogP contribution < -0.4 is 10.1 Å². The number of halogens is 1. The molecule has 1 N–H and O–H groups in total. The number of nitrogens with zero attached hydrogens (tertiary/aromatic N) is 1. The molecule has 32 heavy (non-hydrogen) atoms. The van der Waals surface area contributed by atoms with Crippen molar-refractivity contribution in [3.63, 3.8) is 0 Å². The molecule has 6 heteroatoms. The summed E-state index contributed by atoms with van der Waals surface area (Å²) in [4.78, 5) is 27.2. The second-order valence-electron chi connectivity index (χ2n) is 9.18. The van der Waals surface area contributed by atoms with E-state index in [1.54, 1.807) is 13.0 Å². The lowest BCUT2D eigenvalue weighted by Crippen LogP contribution is -2.41. The number of amides is 2. The van der Waals surface area contributed by atoms with Crippen molar-refractivity contribution in [2.75, 3.05) is 6.54 Å². The summed E-state index contributed by atoms with van der Waals surface area (Å²) in [5, 5.41) is 2.85. The zero-order chi connectivity index (χ0) is 23.4. The first-order valence-electron chi connectivity index (χ1n) is 11.3. The molecule has 2 aromatic carbocycles. The van der Waals surface area contributed by atoms with Crippen LogP contribution in [0.3, 0.4) is 0 Å². The summed E-state index contributed by atoms with van der Waals surface area (Å²) >= 11 is 0. The van der Waals surface area contributed by atoms with Gasteiger partial charge in [0.2, 0.25) is 5.91 Å². The molecule has 0 bridgehead atoms. The van der Waals surface area contributed by atoms with Crippen LogP contribution >= 0.6 is 0 Å².